The van der Waals surface area contributed by atoms with Crippen LogP contribution < -0.4 is 0 Å². The third-order valence-electron chi connectivity index (χ3n) is 1.62. The van der Waals surface area contributed by atoms with Crippen LogP contribution in [-0.2, 0) is 5.33 Å². The number of aromatic hydroxyl groups is 1. The molecule has 0 saturated carbocycles. The topological polar surface area (TPSA) is 50.2 Å². The van der Waals surface area contributed by atoms with Crippen LogP contribution in [0.15, 0.2) is 6.07 Å². The molecule has 0 radical (unpaired) electrons. The van der Waals surface area contributed by atoms with Gasteiger partial charge in [0.05, 0.1) is 5.69 Å². The summed E-state index contributed by atoms with van der Waals surface area (Å²) in [7, 11) is 0. The van der Waals surface area contributed by atoms with E-state index in [2.05, 4.69) is 20.9 Å². The highest BCUT2D eigenvalue weighted by Crippen LogP contribution is 2.27. The van der Waals surface area contributed by atoms with E-state index >= 15 is 0 Å². The van der Waals surface area contributed by atoms with Gasteiger partial charge < -0.3 is 5.11 Å². The minimum absolute atomic E-state index is 0.0555. The number of alkyl halides is 3. The van der Waals surface area contributed by atoms with E-state index in [1.165, 1.54) is 0 Å². The molecule has 1 N–H and O–H groups in total. The average Bonchev–Trinajstić information content (AvgIpc) is 2.17. The van der Waals surface area contributed by atoms with Crippen molar-refractivity contribution in [1.82, 2.24) is 4.98 Å². The van der Waals surface area contributed by atoms with E-state index in [4.69, 9.17) is 5.11 Å². The maximum absolute atomic E-state index is 12.4. The van der Waals surface area contributed by atoms with Crippen molar-refractivity contribution in [3.8, 4) is 5.75 Å². The molecule has 1 aromatic rings. The molecule has 0 fully saturated rings. The van der Waals surface area contributed by atoms with Crippen molar-refractivity contribution in [2.24, 2.45) is 0 Å². The van der Waals surface area contributed by atoms with E-state index in [-0.39, 0.29) is 22.3 Å². The van der Waals surface area contributed by atoms with E-state index in [1.54, 1.807) is 0 Å². The Morgan fingerprint density at radius 1 is 1.64 bits per heavy atom. The lowest BCUT2D eigenvalue weighted by Crippen LogP contribution is -2.00. The van der Waals surface area contributed by atoms with Gasteiger partial charge in [-0.3, -0.25) is 4.79 Å². The summed E-state index contributed by atoms with van der Waals surface area (Å²) in [6, 6.07) is 0.859. The van der Waals surface area contributed by atoms with Crippen LogP contribution >= 0.6 is 15.9 Å². The smallest absolute Gasteiger partial charge is 0.265 e. The Kier molecular flexibility index (Phi) is 3.51. The lowest BCUT2D eigenvalue weighted by Gasteiger charge is -2.07. The lowest BCUT2D eigenvalue weighted by molar-refractivity contribution is 0.111. The fourth-order valence-corrected chi connectivity index (χ4v) is 1.40. The van der Waals surface area contributed by atoms with E-state index in [0.29, 0.717) is 6.29 Å². The number of aromatic nitrogens is 1. The molecule has 0 aromatic carbocycles. The van der Waals surface area contributed by atoms with Crippen LogP contribution in [0.5, 0.6) is 5.75 Å². The van der Waals surface area contributed by atoms with E-state index in [1.807, 2.05) is 0 Å². The molecule has 0 aliphatic heterocycles. The van der Waals surface area contributed by atoms with Gasteiger partial charge in [-0.25, -0.2) is 13.8 Å². The SMILES string of the molecule is O=Cc1nc(CBr)c(C(F)F)cc1O. The molecule has 0 unspecified atom stereocenters. The second kappa shape index (κ2) is 4.45. The molecule has 0 aliphatic rings. The Balaban J connectivity index is 3.31. The number of hydrogen-bond donors (Lipinski definition) is 1. The van der Waals surface area contributed by atoms with Gasteiger partial charge in [-0.2, -0.15) is 0 Å². The van der Waals surface area contributed by atoms with Crippen LogP contribution in [0, 0.1) is 0 Å². The Hall–Kier alpha value is -1.04. The fourth-order valence-electron chi connectivity index (χ4n) is 0.954. The van der Waals surface area contributed by atoms with E-state index in [9.17, 15) is 13.6 Å². The molecule has 1 aromatic heterocycles. The third-order valence-corrected chi connectivity index (χ3v) is 2.15. The minimum atomic E-state index is -2.72. The summed E-state index contributed by atoms with van der Waals surface area (Å²) in [6.07, 6.45) is -2.40. The summed E-state index contributed by atoms with van der Waals surface area (Å²) in [5, 5.41) is 9.22. The molecule has 0 spiro atoms. The first kappa shape index (κ1) is 11.0. The van der Waals surface area contributed by atoms with Gasteiger partial charge in [0.1, 0.15) is 11.4 Å². The average molecular weight is 266 g/mol. The summed E-state index contributed by atoms with van der Waals surface area (Å²) >= 11 is 2.97. The molecule has 0 bridgehead atoms. The number of nitrogens with zero attached hydrogens (tertiary/aromatic N) is 1. The van der Waals surface area contributed by atoms with Crippen molar-refractivity contribution in [3.05, 3.63) is 23.0 Å². The summed E-state index contributed by atoms with van der Waals surface area (Å²) in [5.74, 6) is -0.528. The normalized spacial score (nSPS) is 10.6. The standard InChI is InChI=1S/C8H6BrF2NO2/c9-2-5-4(8(10)11)1-7(14)6(3-13)12-5/h1,3,8,14H,2H2. The predicted molar refractivity (Wildman–Crippen MR) is 48.9 cm³/mol. The quantitative estimate of drug-likeness (QED) is 0.675. The number of carbonyl (C=O) groups is 1. The largest absolute Gasteiger partial charge is 0.506 e. The van der Waals surface area contributed by atoms with Gasteiger partial charge in [-0.15, -0.1) is 0 Å². The first-order valence-electron chi connectivity index (χ1n) is 3.62. The molecule has 76 valence electrons. The van der Waals surface area contributed by atoms with Crippen molar-refractivity contribution in [2.75, 3.05) is 0 Å². The highest BCUT2D eigenvalue weighted by molar-refractivity contribution is 9.08. The van der Waals surface area contributed by atoms with Crippen molar-refractivity contribution in [3.63, 3.8) is 0 Å². The highest BCUT2D eigenvalue weighted by atomic mass is 79.9. The molecule has 0 atom stereocenters. The number of halogens is 3. The molecule has 0 saturated heterocycles. The zero-order valence-electron chi connectivity index (χ0n) is 6.88. The third kappa shape index (κ3) is 2.06. The van der Waals surface area contributed by atoms with Crippen LogP contribution in [0.3, 0.4) is 0 Å². The summed E-state index contributed by atoms with van der Waals surface area (Å²) in [5.41, 5.74) is -0.547. The molecule has 0 amide bonds. The maximum Gasteiger partial charge on any atom is 0.265 e. The molecule has 1 heterocycles. The predicted octanol–water partition coefficient (Wildman–Crippen LogP) is 2.43. The van der Waals surface area contributed by atoms with E-state index < -0.39 is 12.2 Å². The second-order valence-electron chi connectivity index (χ2n) is 2.48. The van der Waals surface area contributed by atoms with Crippen LogP contribution in [0.2, 0.25) is 0 Å². The monoisotopic (exact) mass is 265 g/mol. The fraction of sp³-hybridized carbons (Fsp3) is 0.250. The van der Waals surface area contributed by atoms with Gasteiger partial charge in [-0.05, 0) is 6.07 Å². The molecule has 14 heavy (non-hydrogen) atoms. The zero-order valence-corrected chi connectivity index (χ0v) is 8.46. The van der Waals surface area contributed by atoms with Crippen molar-refractivity contribution in [2.45, 2.75) is 11.8 Å². The van der Waals surface area contributed by atoms with E-state index in [0.717, 1.165) is 6.07 Å². The number of carbonyl (C=O) groups excluding carboxylic acids is 1. The molecule has 1 rings (SSSR count). The Morgan fingerprint density at radius 3 is 2.71 bits per heavy atom. The van der Waals surface area contributed by atoms with Crippen LogP contribution in [0.4, 0.5) is 8.78 Å². The molecule has 6 heteroatoms. The highest BCUT2D eigenvalue weighted by Gasteiger charge is 2.17. The first-order valence-corrected chi connectivity index (χ1v) is 4.74. The number of pyridine rings is 1. The zero-order chi connectivity index (χ0) is 10.7. The molecule has 3 nitrogen and oxygen atoms in total. The van der Waals surface area contributed by atoms with Crippen LogP contribution in [-0.4, -0.2) is 16.4 Å². The van der Waals surface area contributed by atoms with Gasteiger partial charge in [0.25, 0.3) is 6.43 Å². The van der Waals surface area contributed by atoms with Gasteiger partial charge >= 0.3 is 0 Å². The second-order valence-corrected chi connectivity index (χ2v) is 3.04. The molecular weight excluding hydrogens is 260 g/mol. The van der Waals surface area contributed by atoms with Crippen molar-refractivity contribution >= 4 is 22.2 Å². The molecule has 0 aliphatic carbocycles. The number of aldehydes is 1. The maximum atomic E-state index is 12.4. The Morgan fingerprint density at radius 2 is 2.29 bits per heavy atom. The first-order chi connectivity index (χ1) is 6.60. The van der Waals surface area contributed by atoms with Gasteiger partial charge in [0, 0.05) is 10.9 Å². The Bertz CT molecular complexity index is 357. The summed E-state index contributed by atoms with van der Waals surface area (Å²) in [6.45, 7) is 0. The van der Waals surface area contributed by atoms with Gasteiger partial charge in [0.2, 0.25) is 0 Å². The van der Waals surface area contributed by atoms with Crippen LogP contribution in [0.1, 0.15) is 28.2 Å². The van der Waals surface area contributed by atoms with Crippen LogP contribution in [0.25, 0.3) is 0 Å². The van der Waals surface area contributed by atoms with Gasteiger partial charge in [0.15, 0.2) is 6.29 Å². The summed E-state index contributed by atoms with van der Waals surface area (Å²) in [4.78, 5) is 13.9. The van der Waals surface area contributed by atoms with Gasteiger partial charge in [-0.1, -0.05) is 15.9 Å². The number of rotatable bonds is 3. The molecular formula is C8H6BrF2NO2. The lowest BCUT2D eigenvalue weighted by atomic mass is 10.2. The van der Waals surface area contributed by atoms with Crippen molar-refractivity contribution in [1.29, 1.82) is 0 Å². The summed E-state index contributed by atoms with van der Waals surface area (Å²) < 4.78 is 24.7. The number of hydrogen-bond acceptors (Lipinski definition) is 3. The minimum Gasteiger partial charge on any atom is -0.506 e. The van der Waals surface area contributed by atoms with Crippen molar-refractivity contribution < 1.29 is 18.7 Å². The Labute approximate surface area is 86.9 Å².